The van der Waals surface area contributed by atoms with Gasteiger partial charge in [-0.2, -0.15) is 0 Å². The number of hydrogen-bond acceptors (Lipinski definition) is 4. The van der Waals surface area contributed by atoms with Gasteiger partial charge < -0.3 is 10.2 Å². The summed E-state index contributed by atoms with van der Waals surface area (Å²) >= 11 is 0. The van der Waals surface area contributed by atoms with Crippen LogP contribution in [0, 0.1) is 6.92 Å². The Labute approximate surface area is 115 Å². The molecule has 0 amide bonds. The van der Waals surface area contributed by atoms with Gasteiger partial charge in [-0.15, -0.1) is 0 Å². The van der Waals surface area contributed by atoms with Crippen molar-refractivity contribution in [3.05, 3.63) is 64.3 Å². The molecule has 0 saturated carbocycles. The van der Waals surface area contributed by atoms with Gasteiger partial charge in [0.05, 0.1) is 6.54 Å². The molecule has 0 radical (unpaired) electrons. The number of oxazole rings is 1. The van der Waals surface area contributed by atoms with Gasteiger partial charge in [0.25, 0.3) is 0 Å². The Morgan fingerprint density at radius 3 is 2.90 bits per heavy atom. The molecule has 3 rings (SSSR count). The van der Waals surface area contributed by atoms with Crippen molar-refractivity contribution in [2.45, 2.75) is 19.5 Å². The smallest absolute Gasteiger partial charge is 0.406 e. The molecule has 2 aromatic heterocycles. The van der Waals surface area contributed by atoms with Crippen molar-refractivity contribution in [2.75, 3.05) is 0 Å². The lowest BCUT2D eigenvalue weighted by Gasteiger charge is -2.14. The summed E-state index contributed by atoms with van der Waals surface area (Å²) in [6, 6.07) is 11.1. The van der Waals surface area contributed by atoms with Crippen molar-refractivity contribution < 1.29 is 4.42 Å². The molecule has 1 unspecified atom stereocenters. The Bertz CT molecular complexity index is 804. The number of aromatic nitrogens is 2. The first-order valence-electron chi connectivity index (χ1n) is 6.42. The number of nitrogens with two attached hydrogens (primary N) is 1. The van der Waals surface area contributed by atoms with Crippen LogP contribution in [0.4, 0.5) is 0 Å². The van der Waals surface area contributed by atoms with Crippen LogP contribution in [0.2, 0.25) is 0 Å². The number of pyridine rings is 1. The van der Waals surface area contributed by atoms with Crippen molar-refractivity contribution in [1.82, 2.24) is 9.55 Å². The van der Waals surface area contributed by atoms with Crippen molar-refractivity contribution >= 4 is 11.2 Å². The first kappa shape index (κ1) is 12.6. The summed E-state index contributed by atoms with van der Waals surface area (Å²) in [5.41, 5.74) is 9.35. The molecular weight excluding hydrogens is 254 g/mol. The highest BCUT2D eigenvalue weighted by Crippen LogP contribution is 2.18. The van der Waals surface area contributed by atoms with E-state index in [9.17, 15) is 4.79 Å². The zero-order valence-corrected chi connectivity index (χ0v) is 11.1. The van der Waals surface area contributed by atoms with Gasteiger partial charge in [-0.25, -0.2) is 9.78 Å². The molecule has 0 aliphatic carbocycles. The minimum Gasteiger partial charge on any atom is -0.406 e. The fraction of sp³-hybridized carbons (Fsp3) is 0.200. The number of hydrogen-bond donors (Lipinski definition) is 1. The molecule has 0 aliphatic heterocycles. The van der Waals surface area contributed by atoms with E-state index in [1.807, 2.05) is 31.2 Å². The second-order valence-corrected chi connectivity index (χ2v) is 4.77. The Balaban J connectivity index is 2.00. The van der Waals surface area contributed by atoms with Crippen LogP contribution >= 0.6 is 0 Å². The summed E-state index contributed by atoms with van der Waals surface area (Å²) in [6.07, 6.45) is 1.63. The van der Waals surface area contributed by atoms with E-state index in [-0.39, 0.29) is 6.04 Å². The summed E-state index contributed by atoms with van der Waals surface area (Å²) in [4.78, 5) is 16.1. The van der Waals surface area contributed by atoms with E-state index in [1.165, 1.54) is 4.57 Å². The molecular formula is C15H15N3O2. The van der Waals surface area contributed by atoms with Gasteiger partial charge >= 0.3 is 5.76 Å². The highest BCUT2D eigenvalue weighted by Gasteiger charge is 2.15. The van der Waals surface area contributed by atoms with Gasteiger partial charge in [-0.1, -0.05) is 24.3 Å². The fourth-order valence-corrected chi connectivity index (χ4v) is 2.36. The maximum Gasteiger partial charge on any atom is 0.421 e. The summed E-state index contributed by atoms with van der Waals surface area (Å²) in [6.45, 7) is 2.34. The SMILES string of the molecule is Cc1ccccc1C(N)Cn1c(=O)oc2cccnc21. The van der Waals surface area contributed by atoms with Crippen LogP contribution in [0.5, 0.6) is 0 Å². The van der Waals surface area contributed by atoms with E-state index in [1.54, 1.807) is 18.3 Å². The average Bonchev–Trinajstić information content (AvgIpc) is 2.76. The third kappa shape index (κ3) is 2.12. The Morgan fingerprint density at radius 1 is 1.30 bits per heavy atom. The zero-order valence-electron chi connectivity index (χ0n) is 11.1. The van der Waals surface area contributed by atoms with Gasteiger partial charge in [-0.3, -0.25) is 4.57 Å². The molecule has 1 aromatic carbocycles. The van der Waals surface area contributed by atoms with Crippen molar-refractivity contribution in [3.63, 3.8) is 0 Å². The van der Waals surface area contributed by atoms with E-state index in [2.05, 4.69) is 4.98 Å². The quantitative estimate of drug-likeness (QED) is 0.789. The van der Waals surface area contributed by atoms with Gasteiger partial charge in [-0.05, 0) is 30.2 Å². The zero-order chi connectivity index (χ0) is 14.1. The molecule has 2 N–H and O–H groups in total. The van der Waals surface area contributed by atoms with Gasteiger partial charge in [0, 0.05) is 12.2 Å². The molecule has 5 heteroatoms. The highest BCUT2D eigenvalue weighted by atomic mass is 16.4. The highest BCUT2D eigenvalue weighted by molar-refractivity contribution is 5.67. The van der Waals surface area contributed by atoms with E-state index in [0.717, 1.165) is 11.1 Å². The lowest BCUT2D eigenvalue weighted by Crippen LogP contribution is -2.24. The number of nitrogens with zero attached hydrogens (tertiary/aromatic N) is 2. The largest absolute Gasteiger partial charge is 0.421 e. The Hall–Kier alpha value is -2.40. The molecule has 2 heterocycles. The Kier molecular flexibility index (Phi) is 3.12. The molecule has 102 valence electrons. The predicted octanol–water partition coefficient (Wildman–Crippen LogP) is 2.00. The minimum absolute atomic E-state index is 0.281. The maximum absolute atomic E-state index is 11.9. The molecule has 0 saturated heterocycles. The minimum atomic E-state index is -0.428. The normalized spacial score (nSPS) is 12.7. The van der Waals surface area contributed by atoms with E-state index < -0.39 is 5.76 Å². The number of rotatable bonds is 3. The molecule has 1 atom stereocenters. The average molecular weight is 269 g/mol. The van der Waals surface area contributed by atoms with Crippen molar-refractivity contribution in [3.8, 4) is 0 Å². The van der Waals surface area contributed by atoms with Crippen LogP contribution in [0.25, 0.3) is 11.2 Å². The molecule has 20 heavy (non-hydrogen) atoms. The summed E-state index contributed by atoms with van der Waals surface area (Å²) < 4.78 is 6.63. The topological polar surface area (TPSA) is 74.0 Å². The van der Waals surface area contributed by atoms with Crippen LogP contribution in [-0.4, -0.2) is 9.55 Å². The third-order valence-electron chi connectivity index (χ3n) is 3.39. The summed E-state index contributed by atoms with van der Waals surface area (Å²) in [5, 5.41) is 0. The van der Waals surface area contributed by atoms with E-state index in [4.69, 9.17) is 10.2 Å². The van der Waals surface area contributed by atoms with Gasteiger partial charge in [0.15, 0.2) is 11.2 Å². The first-order chi connectivity index (χ1) is 9.66. The second-order valence-electron chi connectivity index (χ2n) is 4.77. The lowest BCUT2D eigenvalue weighted by molar-refractivity contribution is 0.479. The standard InChI is InChI=1S/C15H15N3O2/c1-10-5-2-3-6-11(10)12(16)9-18-14-13(20-15(18)19)7-4-8-17-14/h2-8,12H,9,16H2,1H3. The van der Waals surface area contributed by atoms with Crippen LogP contribution in [0.1, 0.15) is 17.2 Å². The third-order valence-corrected chi connectivity index (χ3v) is 3.39. The number of aryl methyl sites for hydroxylation is 1. The number of benzene rings is 1. The number of fused-ring (bicyclic) bond motifs is 1. The molecule has 5 nitrogen and oxygen atoms in total. The van der Waals surface area contributed by atoms with Crippen LogP contribution in [0.15, 0.2) is 51.8 Å². The van der Waals surface area contributed by atoms with Gasteiger partial charge in [0.1, 0.15) is 0 Å². The monoisotopic (exact) mass is 269 g/mol. The van der Waals surface area contributed by atoms with Crippen LogP contribution < -0.4 is 11.5 Å². The van der Waals surface area contributed by atoms with Crippen molar-refractivity contribution in [1.29, 1.82) is 0 Å². The molecule has 0 aliphatic rings. The summed E-state index contributed by atoms with van der Waals surface area (Å²) in [7, 11) is 0. The molecule has 0 fully saturated rings. The van der Waals surface area contributed by atoms with E-state index in [0.29, 0.717) is 17.8 Å². The van der Waals surface area contributed by atoms with Gasteiger partial charge in [0.2, 0.25) is 0 Å². The molecule has 0 bridgehead atoms. The fourth-order valence-electron chi connectivity index (χ4n) is 2.36. The first-order valence-corrected chi connectivity index (χ1v) is 6.42. The lowest BCUT2D eigenvalue weighted by atomic mass is 10.0. The van der Waals surface area contributed by atoms with Crippen molar-refractivity contribution in [2.24, 2.45) is 5.73 Å². The van der Waals surface area contributed by atoms with Crippen LogP contribution in [0.3, 0.4) is 0 Å². The molecule has 3 aromatic rings. The summed E-state index contributed by atoms with van der Waals surface area (Å²) in [5.74, 6) is -0.428. The van der Waals surface area contributed by atoms with Crippen LogP contribution in [-0.2, 0) is 6.54 Å². The Morgan fingerprint density at radius 2 is 2.10 bits per heavy atom. The predicted molar refractivity (Wildman–Crippen MR) is 76.4 cm³/mol. The maximum atomic E-state index is 11.9. The molecule has 0 spiro atoms. The van der Waals surface area contributed by atoms with E-state index >= 15 is 0 Å². The second kappa shape index (κ2) is 4.94.